The van der Waals surface area contributed by atoms with Crippen LogP contribution in [0.25, 0.3) is 0 Å². The largest absolute Gasteiger partial charge is 0.493 e. The number of nitrogens with one attached hydrogen (secondary N) is 1. The van der Waals surface area contributed by atoms with Crippen LogP contribution >= 0.6 is 0 Å². The Morgan fingerprint density at radius 2 is 1.58 bits per heavy atom. The lowest BCUT2D eigenvalue weighted by molar-refractivity contribution is -0.0221. The van der Waals surface area contributed by atoms with Gasteiger partial charge in [0.25, 0.3) is 0 Å². The maximum Gasteiger partial charge on any atom is 0.161 e. The van der Waals surface area contributed by atoms with Crippen molar-refractivity contribution in [3.63, 3.8) is 0 Å². The highest BCUT2D eigenvalue weighted by atomic mass is 16.5. The highest BCUT2D eigenvalue weighted by Gasteiger charge is 2.55. The van der Waals surface area contributed by atoms with Gasteiger partial charge in [-0.2, -0.15) is 0 Å². The standard InChI is InChI=1S/C19H21NO4/c1-23-15-9-11-7-8-20-19(14(11)10-16(15)24-2)17(21)12-5-3-4-6-13(12)18(19)22/h3-6,9-10,17-18,20-22H,7-8H2,1-2H3. The normalized spacial score (nSPS) is 27.7. The van der Waals surface area contributed by atoms with Gasteiger partial charge in [-0.3, -0.25) is 0 Å². The number of rotatable bonds is 2. The van der Waals surface area contributed by atoms with E-state index in [2.05, 4.69) is 5.32 Å². The maximum atomic E-state index is 11.1. The summed E-state index contributed by atoms with van der Waals surface area (Å²) in [7, 11) is 3.19. The SMILES string of the molecule is COc1cc2c(cc1OC)C1(NCC2)C(O)c2ccccc2C1O. The van der Waals surface area contributed by atoms with Gasteiger partial charge in [-0.25, -0.2) is 0 Å². The van der Waals surface area contributed by atoms with Gasteiger partial charge in [0.05, 0.1) is 14.2 Å². The highest BCUT2D eigenvalue weighted by molar-refractivity contribution is 5.55. The quantitative estimate of drug-likeness (QED) is 0.785. The summed E-state index contributed by atoms with van der Waals surface area (Å²) in [6, 6.07) is 11.3. The lowest BCUT2D eigenvalue weighted by atomic mass is 9.77. The summed E-state index contributed by atoms with van der Waals surface area (Å²) in [6.45, 7) is 0.671. The van der Waals surface area contributed by atoms with Crippen molar-refractivity contribution in [1.29, 1.82) is 0 Å². The molecule has 3 N–H and O–H groups in total. The van der Waals surface area contributed by atoms with Crippen molar-refractivity contribution in [3.05, 3.63) is 58.7 Å². The lowest BCUT2D eigenvalue weighted by Crippen LogP contribution is -2.52. The molecular weight excluding hydrogens is 306 g/mol. The van der Waals surface area contributed by atoms with E-state index in [1.54, 1.807) is 14.2 Å². The zero-order chi connectivity index (χ0) is 16.9. The van der Waals surface area contributed by atoms with Gasteiger partial charge in [-0.15, -0.1) is 0 Å². The minimum absolute atomic E-state index is 0.592. The Morgan fingerprint density at radius 3 is 2.17 bits per heavy atom. The van der Waals surface area contributed by atoms with Crippen LogP contribution in [0.15, 0.2) is 36.4 Å². The van der Waals surface area contributed by atoms with E-state index in [-0.39, 0.29) is 0 Å². The summed E-state index contributed by atoms with van der Waals surface area (Å²) < 4.78 is 10.8. The third-order valence-electron chi connectivity index (χ3n) is 5.31. The zero-order valence-electron chi connectivity index (χ0n) is 13.7. The maximum absolute atomic E-state index is 11.1. The zero-order valence-corrected chi connectivity index (χ0v) is 13.7. The molecule has 126 valence electrons. The number of hydrogen-bond donors (Lipinski definition) is 3. The molecule has 4 rings (SSSR count). The van der Waals surface area contributed by atoms with Crippen LogP contribution in [-0.4, -0.2) is 31.0 Å². The highest BCUT2D eigenvalue weighted by Crippen LogP contribution is 2.55. The molecular formula is C19H21NO4. The van der Waals surface area contributed by atoms with Gasteiger partial charge in [-0.1, -0.05) is 24.3 Å². The van der Waals surface area contributed by atoms with Gasteiger partial charge in [0.2, 0.25) is 0 Å². The van der Waals surface area contributed by atoms with Gasteiger partial charge in [0.15, 0.2) is 11.5 Å². The van der Waals surface area contributed by atoms with E-state index in [1.807, 2.05) is 36.4 Å². The first kappa shape index (κ1) is 15.4. The molecule has 2 aromatic carbocycles. The predicted octanol–water partition coefficient (Wildman–Crippen LogP) is 1.83. The number of aliphatic hydroxyl groups is 2. The fourth-order valence-corrected chi connectivity index (χ4v) is 4.15. The lowest BCUT2D eigenvalue weighted by Gasteiger charge is -2.42. The Balaban J connectivity index is 1.94. The summed E-state index contributed by atoms with van der Waals surface area (Å²) >= 11 is 0. The topological polar surface area (TPSA) is 71.0 Å². The molecule has 2 unspecified atom stereocenters. The van der Waals surface area contributed by atoms with Crippen molar-refractivity contribution >= 4 is 0 Å². The van der Waals surface area contributed by atoms with Crippen LogP contribution in [0.4, 0.5) is 0 Å². The molecule has 5 nitrogen and oxygen atoms in total. The summed E-state index contributed by atoms with van der Waals surface area (Å²) in [5, 5.41) is 25.5. The second-order valence-electron chi connectivity index (χ2n) is 6.34. The first-order valence-electron chi connectivity index (χ1n) is 8.09. The van der Waals surface area contributed by atoms with Crippen LogP contribution in [0, 0.1) is 0 Å². The van der Waals surface area contributed by atoms with Crippen LogP contribution in [0.5, 0.6) is 11.5 Å². The number of methoxy groups -OCH3 is 2. The number of aliphatic hydroxyl groups excluding tert-OH is 2. The van der Waals surface area contributed by atoms with Crippen molar-refractivity contribution in [2.75, 3.05) is 20.8 Å². The molecule has 5 heteroatoms. The van der Waals surface area contributed by atoms with Crippen molar-refractivity contribution in [1.82, 2.24) is 5.32 Å². The molecule has 1 heterocycles. The van der Waals surface area contributed by atoms with Gasteiger partial charge >= 0.3 is 0 Å². The summed E-state index contributed by atoms with van der Waals surface area (Å²) in [5.41, 5.74) is 2.48. The van der Waals surface area contributed by atoms with Crippen molar-refractivity contribution in [3.8, 4) is 11.5 Å². The minimum atomic E-state index is -0.961. The summed E-state index contributed by atoms with van der Waals surface area (Å²) in [6.07, 6.45) is -0.866. The fraction of sp³-hybridized carbons (Fsp3) is 0.368. The molecule has 0 saturated carbocycles. The average molecular weight is 327 g/mol. The second-order valence-corrected chi connectivity index (χ2v) is 6.34. The molecule has 0 radical (unpaired) electrons. The van der Waals surface area contributed by atoms with Gasteiger partial charge < -0.3 is 25.0 Å². The van der Waals surface area contributed by atoms with Crippen LogP contribution in [0.3, 0.4) is 0 Å². The monoisotopic (exact) mass is 327 g/mol. The Hall–Kier alpha value is -2.08. The summed E-state index contributed by atoms with van der Waals surface area (Å²) in [5.74, 6) is 1.25. The molecule has 1 aliphatic carbocycles. The number of hydrogen-bond acceptors (Lipinski definition) is 5. The Bertz CT molecular complexity index is 760. The van der Waals surface area contributed by atoms with Crippen LogP contribution < -0.4 is 14.8 Å². The molecule has 0 bridgehead atoms. The van der Waals surface area contributed by atoms with Crippen LogP contribution in [-0.2, 0) is 12.0 Å². The van der Waals surface area contributed by atoms with E-state index in [0.717, 1.165) is 28.7 Å². The van der Waals surface area contributed by atoms with Crippen LogP contribution in [0.1, 0.15) is 34.5 Å². The van der Waals surface area contributed by atoms with Crippen molar-refractivity contribution in [2.24, 2.45) is 0 Å². The van der Waals surface area contributed by atoms with Gasteiger partial charge in [0, 0.05) is 6.54 Å². The molecule has 1 spiro atoms. The van der Waals surface area contributed by atoms with E-state index >= 15 is 0 Å². The van der Waals surface area contributed by atoms with E-state index in [1.165, 1.54) is 0 Å². The number of fused-ring (bicyclic) bond motifs is 3. The minimum Gasteiger partial charge on any atom is -0.493 e. The third kappa shape index (κ3) is 1.86. The molecule has 0 saturated heterocycles. The molecule has 2 aliphatic rings. The van der Waals surface area contributed by atoms with Gasteiger partial charge in [0.1, 0.15) is 17.7 Å². The third-order valence-corrected chi connectivity index (χ3v) is 5.31. The molecule has 0 amide bonds. The Labute approximate surface area is 140 Å². The second kappa shape index (κ2) is 5.48. The van der Waals surface area contributed by atoms with Crippen molar-refractivity contribution < 1.29 is 19.7 Å². The number of ether oxygens (including phenoxy) is 2. The molecule has 2 aromatic rings. The molecule has 0 aromatic heterocycles. The molecule has 24 heavy (non-hydrogen) atoms. The molecule has 1 aliphatic heterocycles. The smallest absolute Gasteiger partial charge is 0.161 e. The average Bonchev–Trinajstić information content (AvgIpc) is 2.84. The molecule has 0 fully saturated rings. The van der Waals surface area contributed by atoms with E-state index < -0.39 is 17.7 Å². The van der Waals surface area contributed by atoms with E-state index in [4.69, 9.17) is 9.47 Å². The van der Waals surface area contributed by atoms with Gasteiger partial charge in [-0.05, 0) is 40.8 Å². The summed E-state index contributed by atoms with van der Waals surface area (Å²) in [4.78, 5) is 0. The Kier molecular flexibility index (Phi) is 3.53. The number of benzene rings is 2. The molecule has 2 atom stereocenters. The van der Waals surface area contributed by atoms with E-state index in [9.17, 15) is 10.2 Å². The first-order valence-corrected chi connectivity index (χ1v) is 8.09. The van der Waals surface area contributed by atoms with Crippen molar-refractivity contribution in [2.45, 2.75) is 24.2 Å². The van der Waals surface area contributed by atoms with E-state index in [0.29, 0.717) is 18.0 Å². The fourth-order valence-electron chi connectivity index (χ4n) is 4.15. The Morgan fingerprint density at radius 1 is 1.00 bits per heavy atom. The van der Waals surface area contributed by atoms with Crippen LogP contribution in [0.2, 0.25) is 0 Å². The first-order chi connectivity index (χ1) is 11.6. The predicted molar refractivity (Wildman–Crippen MR) is 89.3 cm³/mol.